The smallest absolute Gasteiger partial charge is 0.307 e. The van der Waals surface area contributed by atoms with Crippen LogP contribution in [0.2, 0.25) is 10.0 Å². The van der Waals surface area contributed by atoms with Crippen LogP contribution < -0.4 is 10.7 Å². The van der Waals surface area contributed by atoms with Gasteiger partial charge in [0, 0.05) is 11.3 Å². The maximum absolute atomic E-state index is 11.6. The highest BCUT2D eigenvalue weighted by Gasteiger charge is 2.03. The Balaban J connectivity index is 1.95. The fourth-order valence-electron chi connectivity index (χ4n) is 1.47. The van der Waals surface area contributed by atoms with E-state index in [2.05, 4.69) is 15.8 Å². The van der Waals surface area contributed by atoms with Gasteiger partial charge in [-0.05, 0) is 24.3 Å². The molecular formula is C14H11Cl2N3O. The highest BCUT2D eigenvalue weighted by Crippen LogP contribution is 2.21. The van der Waals surface area contributed by atoms with Crippen LogP contribution in [0.1, 0.15) is 5.56 Å². The van der Waals surface area contributed by atoms with Crippen LogP contribution in [0.25, 0.3) is 0 Å². The van der Waals surface area contributed by atoms with Gasteiger partial charge in [-0.25, -0.2) is 10.2 Å². The number of hydrazone groups is 1. The molecule has 2 aromatic carbocycles. The molecule has 0 heterocycles. The lowest BCUT2D eigenvalue weighted by Crippen LogP contribution is -2.24. The Labute approximate surface area is 126 Å². The predicted octanol–water partition coefficient (Wildman–Crippen LogP) is 4.15. The number of amides is 2. The molecule has 0 spiro atoms. The van der Waals surface area contributed by atoms with E-state index in [9.17, 15) is 4.79 Å². The van der Waals surface area contributed by atoms with Crippen LogP contribution in [0.3, 0.4) is 0 Å². The molecular weight excluding hydrogens is 297 g/mol. The third-order valence-electron chi connectivity index (χ3n) is 2.39. The highest BCUT2D eigenvalue weighted by atomic mass is 35.5. The fourth-order valence-corrected chi connectivity index (χ4v) is 1.97. The van der Waals surface area contributed by atoms with Gasteiger partial charge in [0.25, 0.3) is 0 Å². The Bertz CT molecular complexity index is 609. The van der Waals surface area contributed by atoms with E-state index >= 15 is 0 Å². The Hall–Kier alpha value is -2.04. The second-order valence-corrected chi connectivity index (χ2v) is 4.64. The van der Waals surface area contributed by atoms with Gasteiger partial charge in [0.05, 0.1) is 16.3 Å². The molecule has 4 nitrogen and oxygen atoms in total. The summed E-state index contributed by atoms with van der Waals surface area (Å²) in [5, 5.41) is 7.36. The minimum Gasteiger partial charge on any atom is -0.307 e. The van der Waals surface area contributed by atoms with Crippen LogP contribution in [-0.2, 0) is 0 Å². The quantitative estimate of drug-likeness (QED) is 0.649. The zero-order valence-electron chi connectivity index (χ0n) is 10.3. The predicted molar refractivity (Wildman–Crippen MR) is 82.7 cm³/mol. The molecule has 2 aromatic rings. The molecule has 0 saturated carbocycles. The standard InChI is InChI=1S/C14H11Cl2N3O/c15-12-7-4-8-13(16)11(12)9-17-19-14(20)18-10-5-2-1-3-6-10/h1-9H,(H2,18,19,20)/b17-9+. The highest BCUT2D eigenvalue weighted by molar-refractivity contribution is 6.38. The van der Waals surface area contributed by atoms with Crippen molar-refractivity contribution in [1.29, 1.82) is 0 Å². The molecule has 0 saturated heterocycles. The molecule has 2 amide bonds. The number of carbonyl (C=O) groups excluding carboxylic acids is 1. The summed E-state index contributed by atoms with van der Waals surface area (Å²) in [5.41, 5.74) is 3.56. The lowest BCUT2D eigenvalue weighted by atomic mass is 10.2. The first kappa shape index (κ1) is 14.4. The van der Waals surface area contributed by atoms with Gasteiger partial charge in [0.15, 0.2) is 0 Å². The van der Waals surface area contributed by atoms with Crippen molar-refractivity contribution in [2.45, 2.75) is 0 Å². The van der Waals surface area contributed by atoms with E-state index in [1.54, 1.807) is 30.3 Å². The van der Waals surface area contributed by atoms with Crippen LogP contribution in [0, 0.1) is 0 Å². The molecule has 102 valence electrons. The molecule has 0 unspecified atom stereocenters. The maximum Gasteiger partial charge on any atom is 0.339 e. The number of hydrogen-bond donors (Lipinski definition) is 2. The van der Waals surface area contributed by atoms with Gasteiger partial charge in [-0.1, -0.05) is 47.5 Å². The summed E-state index contributed by atoms with van der Waals surface area (Å²) in [7, 11) is 0. The number of carbonyl (C=O) groups is 1. The minimum atomic E-state index is -0.448. The summed E-state index contributed by atoms with van der Waals surface area (Å²) in [6.45, 7) is 0. The van der Waals surface area contributed by atoms with Crippen molar-refractivity contribution in [3.05, 3.63) is 64.1 Å². The summed E-state index contributed by atoms with van der Waals surface area (Å²) in [4.78, 5) is 11.6. The number of nitrogens with one attached hydrogen (secondary N) is 2. The van der Waals surface area contributed by atoms with Crippen LogP contribution >= 0.6 is 23.2 Å². The lowest BCUT2D eigenvalue weighted by molar-refractivity contribution is 0.252. The Morgan fingerprint density at radius 2 is 1.65 bits per heavy atom. The van der Waals surface area contributed by atoms with Crippen molar-refractivity contribution in [3.8, 4) is 0 Å². The van der Waals surface area contributed by atoms with E-state index in [1.807, 2.05) is 18.2 Å². The van der Waals surface area contributed by atoms with E-state index < -0.39 is 6.03 Å². The largest absolute Gasteiger partial charge is 0.339 e. The summed E-state index contributed by atoms with van der Waals surface area (Å²) >= 11 is 11.9. The van der Waals surface area contributed by atoms with Crippen molar-refractivity contribution >= 4 is 41.1 Å². The first-order valence-corrected chi connectivity index (χ1v) is 6.51. The van der Waals surface area contributed by atoms with Gasteiger partial charge in [0.1, 0.15) is 0 Å². The maximum atomic E-state index is 11.6. The molecule has 0 bridgehead atoms. The van der Waals surface area contributed by atoms with Gasteiger partial charge < -0.3 is 5.32 Å². The average Bonchev–Trinajstić information content (AvgIpc) is 2.43. The number of halogens is 2. The summed E-state index contributed by atoms with van der Waals surface area (Å²) in [6, 6.07) is 13.7. The number of benzene rings is 2. The molecule has 2 N–H and O–H groups in total. The van der Waals surface area contributed by atoms with Crippen molar-refractivity contribution in [1.82, 2.24) is 5.43 Å². The Morgan fingerprint density at radius 1 is 1.00 bits per heavy atom. The van der Waals surface area contributed by atoms with Crippen molar-refractivity contribution < 1.29 is 4.79 Å². The van der Waals surface area contributed by atoms with Crippen LogP contribution in [0.4, 0.5) is 10.5 Å². The number of para-hydroxylation sites is 1. The van der Waals surface area contributed by atoms with Crippen molar-refractivity contribution in [2.24, 2.45) is 5.10 Å². The molecule has 0 atom stereocenters. The van der Waals surface area contributed by atoms with Crippen LogP contribution in [0.15, 0.2) is 53.6 Å². The molecule has 0 radical (unpaired) electrons. The SMILES string of the molecule is O=C(N/N=C/c1c(Cl)cccc1Cl)Nc1ccccc1. The number of rotatable bonds is 3. The van der Waals surface area contributed by atoms with Crippen molar-refractivity contribution in [2.75, 3.05) is 5.32 Å². The molecule has 0 aliphatic carbocycles. The second-order valence-electron chi connectivity index (χ2n) is 3.83. The van der Waals surface area contributed by atoms with Gasteiger partial charge in [-0.3, -0.25) is 0 Å². The number of nitrogens with zero attached hydrogens (tertiary/aromatic N) is 1. The van der Waals surface area contributed by atoms with Gasteiger partial charge >= 0.3 is 6.03 Å². The fraction of sp³-hybridized carbons (Fsp3) is 0. The van der Waals surface area contributed by atoms with Gasteiger partial charge in [-0.2, -0.15) is 5.10 Å². The zero-order valence-corrected chi connectivity index (χ0v) is 11.8. The second kappa shape index (κ2) is 6.93. The minimum absolute atomic E-state index is 0.448. The number of hydrogen-bond acceptors (Lipinski definition) is 2. The van der Waals surface area contributed by atoms with E-state index in [4.69, 9.17) is 23.2 Å². The van der Waals surface area contributed by atoms with Gasteiger partial charge in [-0.15, -0.1) is 0 Å². The van der Waals surface area contributed by atoms with E-state index in [1.165, 1.54) is 6.21 Å². The molecule has 0 fully saturated rings. The summed E-state index contributed by atoms with van der Waals surface area (Å²) < 4.78 is 0. The monoisotopic (exact) mass is 307 g/mol. The van der Waals surface area contributed by atoms with Gasteiger partial charge in [0.2, 0.25) is 0 Å². The summed E-state index contributed by atoms with van der Waals surface area (Å²) in [5.74, 6) is 0. The zero-order chi connectivity index (χ0) is 14.4. The first-order valence-electron chi connectivity index (χ1n) is 5.76. The van der Waals surface area contributed by atoms with E-state index in [0.717, 1.165) is 0 Å². The molecule has 0 aliphatic rings. The Kier molecular flexibility index (Phi) is 4.98. The normalized spacial score (nSPS) is 10.5. The first-order chi connectivity index (χ1) is 9.66. The van der Waals surface area contributed by atoms with Crippen LogP contribution in [0.5, 0.6) is 0 Å². The van der Waals surface area contributed by atoms with Crippen molar-refractivity contribution in [3.63, 3.8) is 0 Å². The lowest BCUT2D eigenvalue weighted by Gasteiger charge is -2.04. The molecule has 0 aliphatic heterocycles. The topological polar surface area (TPSA) is 53.5 Å². The molecule has 2 rings (SSSR count). The number of anilines is 1. The van der Waals surface area contributed by atoms with E-state index in [0.29, 0.717) is 21.3 Å². The average molecular weight is 308 g/mol. The number of urea groups is 1. The van der Waals surface area contributed by atoms with Crippen LogP contribution in [-0.4, -0.2) is 12.2 Å². The third kappa shape index (κ3) is 3.98. The molecule has 20 heavy (non-hydrogen) atoms. The molecule has 6 heteroatoms. The van der Waals surface area contributed by atoms with E-state index in [-0.39, 0.29) is 0 Å². The summed E-state index contributed by atoms with van der Waals surface area (Å²) in [6.07, 6.45) is 1.40. The third-order valence-corrected chi connectivity index (χ3v) is 3.05. The molecule has 0 aromatic heterocycles. The Morgan fingerprint density at radius 3 is 2.30 bits per heavy atom.